The molecule has 20 heavy (non-hydrogen) atoms. The van der Waals surface area contributed by atoms with E-state index in [4.69, 9.17) is 16.2 Å². The molecule has 0 saturated carbocycles. The second-order valence-electron chi connectivity index (χ2n) is 4.35. The van der Waals surface area contributed by atoms with Crippen molar-refractivity contribution in [3.05, 3.63) is 10.4 Å². The Hall–Kier alpha value is -1.80. The smallest absolute Gasteiger partial charge is 0.263 e. The molecule has 1 fully saturated rings. The summed E-state index contributed by atoms with van der Waals surface area (Å²) in [4.78, 5) is 25.9. The molecule has 0 aliphatic carbocycles. The molecule has 110 valence electrons. The third-order valence-electron chi connectivity index (χ3n) is 3.01. The normalized spacial score (nSPS) is 15.2. The van der Waals surface area contributed by atoms with Crippen LogP contribution in [-0.4, -0.2) is 44.7 Å². The molecule has 0 unspecified atom stereocenters. The predicted molar refractivity (Wildman–Crippen MR) is 78.3 cm³/mol. The molecule has 2 rings (SSSR count). The van der Waals surface area contributed by atoms with Crippen LogP contribution in [0.2, 0.25) is 0 Å². The molecule has 0 spiro atoms. The summed E-state index contributed by atoms with van der Waals surface area (Å²) >= 11 is 1.20. The van der Waals surface area contributed by atoms with Gasteiger partial charge >= 0.3 is 0 Å². The van der Waals surface area contributed by atoms with E-state index in [1.165, 1.54) is 11.3 Å². The van der Waals surface area contributed by atoms with Crippen LogP contribution in [0.1, 0.15) is 27.0 Å². The van der Waals surface area contributed by atoms with Crippen molar-refractivity contribution >= 4 is 33.8 Å². The van der Waals surface area contributed by atoms with E-state index in [0.29, 0.717) is 42.7 Å². The van der Waals surface area contributed by atoms with E-state index in [0.717, 1.165) is 0 Å². The number of thiophene rings is 1. The van der Waals surface area contributed by atoms with Crippen LogP contribution in [0.3, 0.4) is 0 Å². The van der Waals surface area contributed by atoms with Gasteiger partial charge in [0.15, 0.2) is 0 Å². The molecular weight excluding hydrogens is 280 g/mol. The van der Waals surface area contributed by atoms with Gasteiger partial charge in [0, 0.05) is 19.6 Å². The van der Waals surface area contributed by atoms with E-state index in [9.17, 15) is 9.59 Å². The summed E-state index contributed by atoms with van der Waals surface area (Å²) < 4.78 is 5.28. The third-order valence-corrected chi connectivity index (χ3v) is 4.28. The molecule has 0 atom stereocenters. The second kappa shape index (κ2) is 6.10. The Morgan fingerprint density at radius 2 is 2.05 bits per heavy atom. The van der Waals surface area contributed by atoms with Crippen molar-refractivity contribution in [2.24, 2.45) is 5.73 Å². The molecule has 1 aromatic rings. The van der Waals surface area contributed by atoms with Gasteiger partial charge in [0.2, 0.25) is 0 Å². The summed E-state index contributed by atoms with van der Waals surface area (Å²) in [7, 11) is 0. The number of anilines is 2. The molecule has 0 radical (unpaired) electrons. The van der Waals surface area contributed by atoms with E-state index in [1.807, 2.05) is 11.8 Å². The predicted octanol–water partition coefficient (Wildman–Crippen LogP) is 0.0155. The zero-order chi connectivity index (χ0) is 14.7. The maximum Gasteiger partial charge on any atom is 0.263 e. The van der Waals surface area contributed by atoms with Crippen LogP contribution >= 0.6 is 11.3 Å². The Morgan fingerprint density at radius 1 is 1.40 bits per heavy atom. The van der Waals surface area contributed by atoms with Crippen LogP contribution in [0.25, 0.3) is 0 Å². The lowest BCUT2D eigenvalue weighted by Gasteiger charge is -2.28. The number of amides is 2. The number of nitrogens with zero attached hydrogens (tertiary/aromatic N) is 1. The largest absolute Gasteiger partial charge is 0.397 e. The Bertz CT molecular complexity index is 523. The van der Waals surface area contributed by atoms with Gasteiger partial charge in [-0.15, -0.1) is 11.3 Å². The van der Waals surface area contributed by atoms with Crippen molar-refractivity contribution in [3.8, 4) is 0 Å². The first-order valence-corrected chi connectivity index (χ1v) is 7.20. The van der Waals surface area contributed by atoms with Crippen LogP contribution in [0.5, 0.6) is 0 Å². The number of ether oxygens (including phenoxy) is 1. The van der Waals surface area contributed by atoms with Gasteiger partial charge in [-0.2, -0.15) is 0 Å². The minimum Gasteiger partial charge on any atom is -0.397 e. The molecule has 2 heterocycles. The number of hydrogen-bond acceptors (Lipinski definition) is 6. The van der Waals surface area contributed by atoms with Gasteiger partial charge in [-0.05, 0) is 6.92 Å². The Kier molecular flexibility index (Phi) is 4.46. The Morgan fingerprint density at radius 3 is 2.60 bits per heavy atom. The minimum atomic E-state index is -0.615. The van der Waals surface area contributed by atoms with Gasteiger partial charge in [-0.3, -0.25) is 9.59 Å². The van der Waals surface area contributed by atoms with Crippen LogP contribution in [0.15, 0.2) is 0 Å². The number of rotatable bonds is 4. The molecule has 0 aromatic carbocycles. The van der Waals surface area contributed by atoms with Crippen LogP contribution in [0.4, 0.5) is 10.7 Å². The van der Waals surface area contributed by atoms with Gasteiger partial charge in [0.05, 0.1) is 24.5 Å². The highest BCUT2D eigenvalue weighted by atomic mass is 32.1. The zero-order valence-electron chi connectivity index (χ0n) is 11.3. The monoisotopic (exact) mass is 298 g/mol. The molecule has 7 nitrogen and oxygen atoms in total. The minimum absolute atomic E-state index is 0.162. The highest BCUT2D eigenvalue weighted by Gasteiger charge is 2.27. The number of nitrogens with one attached hydrogen (secondary N) is 1. The third kappa shape index (κ3) is 2.70. The standard InChI is InChI=1S/C12H18N4O3S/c1-2-15-11(18)9-8(13)7(10(14)17)12(20-9)16-3-5-19-6-4-16/h2-6,13H2,1H3,(H2,14,17)(H,15,18). The van der Waals surface area contributed by atoms with Crippen LogP contribution in [0, 0.1) is 0 Å². The number of nitrogens with two attached hydrogens (primary N) is 2. The average molecular weight is 298 g/mol. The van der Waals surface area contributed by atoms with Gasteiger partial charge < -0.3 is 26.4 Å². The number of morpholine rings is 1. The summed E-state index contributed by atoms with van der Waals surface area (Å²) in [6, 6.07) is 0. The summed E-state index contributed by atoms with van der Waals surface area (Å²) in [6.07, 6.45) is 0. The van der Waals surface area contributed by atoms with Crippen molar-refractivity contribution in [1.29, 1.82) is 0 Å². The van der Waals surface area contributed by atoms with Gasteiger partial charge in [0.25, 0.3) is 11.8 Å². The van der Waals surface area contributed by atoms with Crippen molar-refractivity contribution < 1.29 is 14.3 Å². The fraction of sp³-hybridized carbons (Fsp3) is 0.500. The van der Waals surface area contributed by atoms with E-state index >= 15 is 0 Å². The van der Waals surface area contributed by atoms with Gasteiger partial charge in [-0.25, -0.2) is 0 Å². The lowest BCUT2D eigenvalue weighted by atomic mass is 10.2. The van der Waals surface area contributed by atoms with Crippen molar-refractivity contribution in [2.45, 2.75) is 6.92 Å². The lowest BCUT2D eigenvalue weighted by Crippen LogP contribution is -2.36. The first kappa shape index (κ1) is 14.6. The maximum atomic E-state index is 12.0. The van der Waals surface area contributed by atoms with E-state index in [1.54, 1.807) is 0 Å². The Labute approximate surface area is 120 Å². The van der Waals surface area contributed by atoms with Crippen molar-refractivity contribution in [3.63, 3.8) is 0 Å². The summed E-state index contributed by atoms with van der Waals surface area (Å²) in [6.45, 7) is 4.76. The topological polar surface area (TPSA) is 111 Å². The highest BCUT2D eigenvalue weighted by molar-refractivity contribution is 7.19. The van der Waals surface area contributed by atoms with E-state index in [-0.39, 0.29) is 17.2 Å². The van der Waals surface area contributed by atoms with Crippen molar-refractivity contribution in [2.75, 3.05) is 43.5 Å². The van der Waals surface area contributed by atoms with E-state index in [2.05, 4.69) is 5.32 Å². The molecular formula is C12H18N4O3S. The maximum absolute atomic E-state index is 12.0. The van der Waals surface area contributed by atoms with Crippen LogP contribution in [-0.2, 0) is 4.74 Å². The molecule has 1 saturated heterocycles. The Balaban J connectivity index is 2.41. The van der Waals surface area contributed by atoms with E-state index < -0.39 is 5.91 Å². The molecule has 5 N–H and O–H groups in total. The molecule has 1 aromatic heterocycles. The number of carbonyl (C=O) groups is 2. The van der Waals surface area contributed by atoms with Crippen LogP contribution < -0.4 is 21.7 Å². The lowest BCUT2D eigenvalue weighted by molar-refractivity contribution is 0.0960. The molecule has 2 amide bonds. The summed E-state index contributed by atoms with van der Waals surface area (Å²) in [5.41, 5.74) is 11.7. The number of carbonyl (C=O) groups excluding carboxylic acids is 2. The number of primary amides is 1. The number of hydrogen-bond donors (Lipinski definition) is 3. The first-order chi connectivity index (χ1) is 9.56. The first-order valence-electron chi connectivity index (χ1n) is 6.39. The SMILES string of the molecule is CCNC(=O)c1sc(N2CCOCC2)c(C(N)=O)c1N. The zero-order valence-corrected chi connectivity index (χ0v) is 12.1. The average Bonchev–Trinajstić information content (AvgIpc) is 2.78. The molecule has 1 aliphatic rings. The second-order valence-corrected chi connectivity index (χ2v) is 5.35. The highest BCUT2D eigenvalue weighted by Crippen LogP contribution is 2.38. The summed E-state index contributed by atoms with van der Waals surface area (Å²) in [5, 5.41) is 3.33. The molecule has 8 heteroatoms. The fourth-order valence-corrected chi connectivity index (χ4v) is 3.26. The quantitative estimate of drug-likeness (QED) is 0.725. The van der Waals surface area contributed by atoms with Gasteiger partial charge in [-0.1, -0.05) is 0 Å². The fourth-order valence-electron chi connectivity index (χ4n) is 2.07. The molecule has 1 aliphatic heterocycles. The van der Waals surface area contributed by atoms with Gasteiger partial charge in [0.1, 0.15) is 9.88 Å². The summed E-state index contributed by atoms with van der Waals surface area (Å²) in [5.74, 6) is -0.896. The number of nitrogen functional groups attached to an aromatic ring is 1. The molecule has 0 bridgehead atoms. The van der Waals surface area contributed by atoms with Crippen molar-refractivity contribution in [1.82, 2.24) is 5.32 Å².